The largest absolute Gasteiger partial charge is 0.369 e. The minimum absolute atomic E-state index is 0.00380. The maximum absolute atomic E-state index is 14.9. The van der Waals surface area contributed by atoms with Crippen LogP contribution < -0.4 is 74.0 Å². The fourth-order valence-electron chi connectivity index (χ4n) is 18.3. The molecule has 12 atom stereocenters. The first-order chi connectivity index (χ1) is 50.7. The van der Waals surface area contributed by atoms with Crippen molar-refractivity contribution in [3.8, 4) is 0 Å². The lowest BCUT2D eigenvalue weighted by molar-refractivity contribution is -0.146. The van der Waals surface area contributed by atoms with Gasteiger partial charge in [-0.15, -0.1) is 6.58 Å². The van der Waals surface area contributed by atoms with Crippen molar-refractivity contribution in [1.29, 1.82) is 0 Å². The van der Waals surface area contributed by atoms with Crippen molar-refractivity contribution in [2.45, 2.75) is 298 Å². The van der Waals surface area contributed by atoms with Gasteiger partial charge >= 0.3 is 12.1 Å². The van der Waals surface area contributed by atoms with Gasteiger partial charge in [0.1, 0.15) is 24.2 Å². The van der Waals surface area contributed by atoms with E-state index in [0.717, 1.165) is 89.9 Å². The number of carbonyl (C=O) groups is 10. The molecule has 0 radical (unpaired) electrons. The van der Waals surface area contributed by atoms with Gasteiger partial charge < -0.3 is 62.1 Å². The zero-order valence-electron chi connectivity index (χ0n) is 68.6. The Bertz CT molecular complexity index is 3950. The SMILES string of the molecule is C=CCNC(=O)C(=O)C(CCC)NC(=O)[C@@H]1[C@@H]2[C@H](CN1C(=O)[C@@H](NC(=O)N[C@H](CN(C)c1c(C3(C)CC3)c(=O)c1=O)C(C)(C)C)C1CCCCC1)C2(C)C.CCCC(NC(=O)[C@@H]1[C@@H]2[C@H](CN1C(=O)[C@@H](NC(=O)N[C@H](CN(C)c1c(C(C)(C)C)c(=O)c1=O)C(C)(C)C)C1(C)CCCCC1)C2(C)C)C(=O)C(=O)NC1CC1. The predicted molar refractivity (Wildman–Crippen MR) is 420 cm³/mol. The number of likely N-dealkylation sites (N-methyl/N-ethyl adjacent to an activating group) is 2. The first kappa shape index (κ1) is 85.2. The van der Waals surface area contributed by atoms with Crippen LogP contribution in [0.15, 0.2) is 31.8 Å². The molecule has 2 unspecified atom stereocenters. The van der Waals surface area contributed by atoms with Gasteiger partial charge in [0.05, 0.1) is 35.5 Å². The van der Waals surface area contributed by atoms with Crippen molar-refractivity contribution in [2.75, 3.05) is 56.6 Å². The highest BCUT2D eigenvalue weighted by molar-refractivity contribution is 6.39. The Morgan fingerprint density at radius 2 is 0.991 bits per heavy atom. The highest BCUT2D eigenvalue weighted by Gasteiger charge is 2.71. The summed E-state index contributed by atoms with van der Waals surface area (Å²) in [5.41, 5.74) is -2.72. The van der Waals surface area contributed by atoms with Crippen LogP contribution in [0.5, 0.6) is 0 Å². The normalized spacial score (nSPS) is 24.5. The molecule has 10 amide bonds. The second kappa shape index (κ2) is 32.5. The van der Waals surface area contributed by atoms with Crippen molar-refractivity contribution in [1.82, 2.24) is 52.3 Å². The number of nitrogens with one attached hydrogen (secondary N) is 8. The molecular formula is C83H128N12O14. The zero-order valence-corrected chi connectivity index (χ0v) is 68.6. The van der Waals surface area contributed by atoms with Crippen LogP contribution in [0.25, 0.3) is 0 Å². The zero-order chi connectivity index (χ0) is 80.9. The summed E-state index contributed by atoms with van der Waals surface area (Å²) in [5.74, 6) is -4.70. The van der Waals surface area contributed by atoms with E-state index in [4.69, 9.17) is 0 Å². The third-order valence-corrected chi connectivity index (χ3v) is 26.1. The lowest BCUT2D eigenvalue weighted by atomic mass is 9.70. The molecule has 604 valence electrons. The van der Waals surface area contributed by atoms with Crippen LogP contribution in [0.4, 0.5) is 21.0 Å². The summed E-state index contributed by atoms with van der Waals surface area (Å²) in [7, 11) is 3.53. The molecular weight excluding hydrogens is 1390 g/mol. The molecule has 26 nitrogen and oxygen atoms in total. The minimum atomic E-state index is -1.04. The molecule has 2 aromatic rings. The minimum Gasteiger partial charge on any atom is -0.369 e. The van der Waals surface area contributed by atoms with E-state index in [-0.39, 0.29) is 89.7 Å². The van der Waals surface area contributed by atoms with Gasteiger partial charge in [-0.05, 0) is 132 Å². The van der Waals surface area contributed by atoms with Crippen molar-refractivity contribution >= 4 is 70.4 Å². The van der Waals surface area contributed by atoms with Gasteiger partial charge in [-0.3, -0.25) is 57.5 Å². The summed E-state index contributed by atoms with van der Waals surface area (Å²) < 4.78 is 0. The van der Waals surface area contributed by atoms with Crippen LogP contribution in [0.2, 0.25) is 0 Å². The number of hydrogen-bond acceptors (Lipinski definition) is 16. The van der Waals surface area contributed by atoms with Crippen LogP contribution in [0.1, 0.15) is 244 Å². The maximum atomic E-state index is 14.9. The van der Waals surface area contributed by atoms with Crippen LogP contribution >= 0.6 is 0 Å². The summed E-state index contributed by atoms with van der Waals surface area (Å²) in [5, 5.41) is 23.3. The maximum Gasteiger partial charge on any atom is 0.315 e. The highest BCUT2D eigenvalue weighted by atomic mass is 16.2. The fourth-order valence-corrected chi connectivity index (χ4v) is 18.3. The second-order valence-corrected chi connectivity index (χ2v) is 38.4. The van der Waals surface area contributed by atoms with Crippen molar-refractivity contribution in [3.63, 3.8) is 0 Å². The Labute approximate surface area is 644 Å². The topological polar surface area (TPSA) is 348 Å². The molecule has 2 aromatic carbocycles. The molecule has 109 heavy (non-hydrogen) atoms. The Balaban J connectivity index is 0.000000251. The van der Waals surface area contributed by atoms with Gasteiger partial charge in [0.15, 0.2) is 0 Å². The van der Waals surface area contributed by atoms with Crippen molar-refractivity contribution in [2.24, 2.45) is 56.7 Å². The smallest absolute Gasteiger partial charge is 0.315 e. The van der Waals surface area contributed by atoms with E-state index >= 15 is 0 Å². The second-order valence-electron chi connectivity index (χ2n) is 38.4. The van der Waals surface area contributed by atoms with Gasteiger partial charge in [-0.1, -0.05) is 175 Å². The highest BCUT2D eigenvalue weighted by Crippen LogP contribution is 2.66. The molecule has 10 rings (SSSR count). The lowest BCUT2D eigenvalue weighted by Crippen LogP contribution is -2.63. The number of nitrogens with zero attached hydrogens (tertiary/aromatic N) is 4. The lowest BCUT2D eigenvalue weighted by Gasteiger charge is -2.43. The number of Topliss-reactive ketones (excluding diaryl/α,β-unsaturated/α-hetero) is 2. The summed E-state index contributed by atoms with van der Waals surface area (Å²) >= 11 is 0. The molecule has 0 bridgehead atoms. The van der Waals surface area contributed by atoms with E-state index < -0.39 is 139 Å². The van der Waals surface area contributed by atoms with Gasteiger partial charge in [-0.25, -0.2) is 9.59 Å². The van der Waals surface area contributed by atoms with E-state index in [1.165, 1.54) is 6.08 Å². The Morgan fingerprint density at radius 1 is 0.541 bits per heavy atom. The number of hydrogen-bond donors (Lipinski definition) is 8. The van der Waals surface area contributed by atoms with Crippen molar-refractivity contribution < 1.29 is 47.9 Å². The molecule has 0 aromatic heterocycles. The van der Waals surface area contributed by atoms with Crippen LogP contribution in [-0.4, -0.2) is 170 Å². The molecule has 26 heteroatoms. The Morgan fingerprint density at radius 3 is 1.44 bits per heavy atom. The molecule has 2 heterocycles. The molecule has 8 N–H and O–H groups in total. The number of rotatable bonds is 30. The van der Waals surface area contributed by atoms with E-state index in [1.807, 2.05) is 90.0 Å². The fraction of sp³-hybridized carbons (Fsp3) is 0.759. The summed E-state index contributed by atoms with van der Waals surface area (Å²) in [6, 6.07) is -7.53. The molecule has 0 spiro atoms. The van der Waals surface area contributed by atoms with E-state index in [9.17, 15) is 67.1 Å². The molecule has 8 aliphatic rings. The summed E-state index contributed by atoms with van der Waals surface area (Å²) in [6.45, 7) is 38.7. The molecule has 2 saturated heterocycles. The molecule has 6 aliphatic carbocycles. The van der Waals surface area contributed by atoms with Gasteiger partial charge in [0.25, 0.3) is 11.8 Å². The van der Waals surface area contributed by atoms with Crippen molar-refractivity contribution in [3.05, 3.63) is 64.7 Å². The number of piperidine rings is 2. The Kier molecular flexibility index (Phi) is 25.4. The van der Waals surface area contributed by atoms with E-state index in [1.54, 1.807) is 33.7 Å². The monoisotopic (exact) mass is 1520 g/mol. The van der Waals surface area contributed by atoms with E-state index in [2.05, 4.69) is 76.8 Å². The first-order valence-corrected chi connectivity index (χ1v) is 40.4. The van der Waals surface area contributed by atoms with E-state index in [0.29, 0.717) is 54.9 Å². The quantitative estimate of drug-likeness (QED) is 0.0296. The molecule has 2 aliphatic heterocycles. The number of urea groups is 2. The number of anilines is 2. The number of amides is 10. The number of ketones is 2. The Hall–Kier alpha value is -7.80. The third kappa shape index (κ3) is 18.2. The van der Waals surface area contributed by atoms with Crippen LogP contribution in [0, 0.1) is 56.7 Å². The number of fused-ring (bicyclic) bond motifs is 2. The van der Waals surface area contributed by atoms with Crippen LogP contribution in [0.3, 0.4) is 0 Å². The average Bonchev–Trinajstić information content (AvgIpc) is 1.53. The van der Waals surface area contributed by atoms with Crippen LogP contribution in [-0.2, 0) is 49.2 Å². The number of carbonyl (C=O) groups excluding carboxylic acids is 10. The summed E-state index contributed by atoms with van der Waals surface area (Å²) in [6.07, 6.45) is 15.2. The summed E-state index contributed by atoms with van der Waals surface area (Å²) in [4.78, 5) is 195. The van der Waals surface area contributed by atoms with Gasteiger partial charge in [0, 0.05) is 64.0 Å². The van der Waals surface area contributed by atoms with Gasteiger partial charge in [-0.2, -0.15) is 0 Å². The van der Waals surface area contributed by atoms with Gasteiger partial charge in [0.2, 0.25) is 56.9 Å². The predicted octanol–water partition coefficient (Wildman–Crippen LogP) is 6.76. The number of likely N-dealkylation sites (tertiary alicyclic amines) is 2. The molecule has 6 saturated carbocycles. The first-order valence-electron chi connectivity index (χ1n) is 40.4. The average molecular weight is 1520 g/mol. The third-order valence-electron chi connectivity index (χ3n) is 26.1. The standard InChI is InChI=1S/C42H66N6O7.C41H62N6O7/c1-12-16-25(31(49)36(53)43-23-17-18-23)44-35(52)30-27-24(41(27,8)9)21-48(30)37(54)34(42(10)19-14-13-15-20-42)46-38(55)45-26(39(2,3)4)22-47(11)29-28(40(5,6)7)32(50)33(29)51;1-10-15-25(32(48)36(52)42-20-11-2)43-35(51)31-27-24(40(27,6)7)21-47(31)37(53)29(23-16-13-12-14-17-23)45-38(54)44-26(39(3,4)5)22-46(9)30-28(33(49)34(30)50)41(8)18-19-41/h23-27,30,34H,12-22H2,1-11H3,(H,43,53)(H,44,52)(H2,45,46,55);11,23-27,29,31H,2,10,12-22H2,1,3-9H3,(H,42,52)(H,43,51)(H2,44,45,54)/t24-,25?,26+,27-,30-,34+;24-,25?,26+,27-,29-,31-/m00/s1. The molecule has 8 fully saturated rings.